The lowest BCUT2D eigenvalue weighted by Crippen LogP contribution is -2.27. The minimum Gasteiger partial charge on any atom is -0.504 e. The maximum absolute atomic E-state index is 12.6. The molecule has 4 rings (SSSR count). The first-order valence-electron chi connectivity index (χ1n) is 7.09. The predicted molar refractivity (Wildman–Crippen MR) is 77.1 cm³/mol. The zero-order valence-corrected chi connectivity index (χ0v) is 11.4. The normalized spacial score (nSPS) is 19.7. The van der Waals surface area contributed by atoms with Gasteiger partial charge in [-0.3, -0.25) is 4.79 Å². The highest BCUT2D eigenvalue weighted by Gasteiger charge is 2.38. The number of nitrogens with zero attached hydrogens (tertiary/aromatic N) is 1. The fraction of sp³-hybridized carbons (Fsp3) is 0.235. The highest BCUT2D eigenvalue weighted by molar-refractivity contribution is 6.02. The van der Waals surface area contributed by atoms with Crippen molar-refractivity contribution in [1.29, 1.82) is 0 Å². The molecule has 0 radical (unpaired) electrons. The number of phenolic OH excluding ortho intramolecular Hbond substituents is 2. The van der Waals surface area contributed by atoms with Gasteiger partial charge in [0.05, 0.1) is 11.6 Å². The highest BCUT2D eigenvalue weighted by atomic mass is 16.3. The van der Waals surface area contributed by atoms with Crippen LogP contribution in [0.25, 0.3) is 0 Å². The number of rotatable bonds is 1. The molecule has 0 unspecified atom stereocenters. The molecule has 0 saturated carbocycles. The molecule has 0 bridgehead atoms. The largest absolute Gasteiger partial charge is 0.504 e. The Bertz CT molecular complexity index is 754. The fourth-order valence-corrected chi connectivity index (χ4v) is 3.50. The van der Waals surface area contributed by atoms with Crippen LogP contribution in [0.15, 0.2) is 36.4 Å². The van der Waals surface area contributed by atoms with Crippen LogP contribution in [0.3, 0.4) is 0 Å². The van der Waals surface area contributed by atoms with Gasteiger partial charge in [0.25, 0.3) is 5.91 Å². The lowest BCUT2D eigenvalue weighted by atomic mass is 10.1. The maximum atomic E-state index is 12.6. The molecule has 0 aromatic heterocycles. The van der Waals surface area contributed by atoms with E-state index in [0.717, 1.165) is 18.4 Å². The van der Waals surface area contributed by atoms with Gasteiger partial charge in [-0.25, -0.2) is 0 Å². The number of phenols is 2. The summed E-state index contributed by atoms with van der Waals surface area (Å²) in [5.74, 6) is -0.734. The van der Waals surface area contributed by atoms with Crippen molar-refractivity contribution in [3.05, 3.63) is 58.7 Å². The van der Waals surface area contributed by atoms with E-state index in [0.29, 0.717) is 6.54 Å². The monoisotopic (exact) mass is 281 g/mol. The Morgan fingerprint density at radius 2 is 1.86 bits per heavy atom. The molecule has 1 amide bonds. The second-order valence-corrected chi connectivity index (χ2v) is 5.65. The van der Waals surface area contributed by atoms with Crippen LogP contribution in [0.5, 0.6) is 11.5 Å². The molecule has 0 spiro atoms. The van der Waals surface area contributed by atoms with Gasteiger partial charge in [0.2, 0.25) is 0 Å². The van der Waals surface area contributed by atoms with Crippen molar-refractivity contribution in [2.45, 2.75) is 25.4 Å². The standard InChI is InChI=1S/C17H15NO3/c19-14-8-6-11-9-18(17(21)15(11)16(14)20)13-7-5-10-3-1-2-4-12(10)13/h1-4,6,8,13,19-20H,5,7,9H2/t13-/m1/s1. The Kier molecular flexibility index (Phi) is 2.48. The first-order valence-corrected chi connectivity index (χ1v) is 7.09. The Morgan fingerprint density at radius 1 is 1.05 bits per heavy atom. The fourth-order valence-electron chi connectivity index (χ4n) is 3.50. The van der Waals surface area contributed by atoms with Gasteiger partial charge in [0, 0.05) is 6.54 Å². The van der Waals surface area contributed by atoms with Gasteiger partial charge >= 0.3 is 0 Å². The number of carbonyl (C=O) groups is 1. The topological polar surface area (TPSA) is 60.8 Å². The molecule has 2 aliphatic rings. The highest BCUT2D eigenvalue weighted by Crippen LogP contribution is 2.43. The molecule has 2 aromatic rings. The zero-order chi connectivity index (χ0) is 14.6. The Labute approximate surface area is 122 Å². The zero-order valence-electron chi connectivity index (χ0n) is 11.4. The maximum Gasteiger partial charge on any atom is 0.258 e. The predicted octanol–water partition coefficient (Wildman–Crippen LogP) is 2.74. The van der Waals surface area contributed by atoms with Gasteiger partial charge in [0.1, 0.15) is 0 Å². The number of carbonyl (C=O) groups excluding carboxylic acids is 1. The summed E-state index contributed by atoms with van der Waals surface area (Å²) < 4.78 is 0. The quantitative estimate of drug-likeness (QED) is 0.790. The number of benzene rings is 2. The molecule has 1 atom stereocenters. The van der Waals surface area contributed by atoms with Crippen molar-refractivity contribution in [2.75, 3.05) is 0 Å². The molecule has 1 aliphatic heterocycles. The van der Waals surface area contributed by atoms with E-state index in [2.05, 4.69) is 12.1 Å². The Hall–Kier alpha value is -2.49. The van der Waals surface area contributed by atoms with E-state index in [4.69, 9.17) is 0 Å². The van der Waals surface area contributed by atoms with Crippen LogP contribution in [0.4, 0.5) is 0 Å². The smallest absolute Gasteiger partial charge is 0.258 e. The molecule has 106 valence electrons. The number of aromatic hydroxyl groups is 2. The van der Waals surface area contributed by atoms with Gasteiger partial charge in [-0.1, -0.05) is 30.3 Å². The summed E-state index contributed by atoms with van der Waals surface area (Å²) in [7, 11) is 0. The van der Waals surface area contributed by atoms with Crippen molar-refractivity contribution in [3.8, 4) is 11.5 Å². The molecular weight excluding hydrogens is 266 g/mol. The molecule has 0 fully saturated rings. The van der Waals surface area contributed by atoms with E-state index in [9.17, 15) is 15.0 Å². The van der Waals surface area contributed by atoms with Crippen LogP contribution < -0.4 is 0 Å². The lowest BCUT2D eigenvalue weighted by molar-refractivity contribution is 0.0699. The Balaban J connectivity index is 1.74. The minimum atomic E-state index is -0.300. The van der Waals surface area contributed by atoms with Crippen LogP contribution in [0.1, 0.15) is 39.5 Å². The summed E-state index contributed by atoms with van der Waals surface area (Å²) in [6.07, 6.45) is 1.88. The molecule has 2 N–H and O–H groups in total. The summed E-state index contributed by atoms with van der Waals surface area (Å²) in [5.41, 5.74) is 3.51. The third kappa shape index (κ3) is 1.65. The minimum absolute atomic E-state index is 0.0580. The van der Waals surface area contributed by atoms with E-state index in [1.54, 1.807) is 11.0 Å². The number of amides is 1. The molecular formula is C17H15NO3. The number of hydrogen-bond donors (Lipinski definition) is 2. The molecule has 0 saturated heterocycles. The van der Waals surface area contributed by atoms with Crippen molar-refractivity contribution < 1.29 is 15.0 Å². The van der Waals surface area contributed by atoms with Crippen molar-refractivity contribution in [2.24, 2.45) is 0 Å². The van der Waals surface area contributed by atoms with Gasteiger partial charge in [-0.05, 0) is 35.6 Å². The number of aryl methyl sites for hydroxylation is 1. The number of fused-ring (bicyclic) bond motifs is 2. The first-order chi connectivity index (χ1) is 10.2. The van der Waals surface area contributed by atoms with E-state index in [1.165, 1.54) is 17.2 Å². The SMILES string of the molecule is O=C1c2c(ccc(O)c2O)CN1[C@@H]1CCc2ccccc21. The summed E-state index contributed by atoms with van der Waals surface area (Å²) >= 11 is 0. The first kappa shape index (κ1) is 12.3. The third-order valence-electron chi connectivity index (χ3n) is 4.54. The third-order valence-corrected chi connectivity index (χ3v) is 4.54. The molecule has 1 heterocycles. The van der Waals surface area contributed by atoms with Crippen LogP contribution in [0.2, 0.25) is 0 Å². The van der Waals surface area contributed by atoms with Gasteiger partial charge in [-0.15, -0.1) is 0 Å². The second-order valence-electron chi connectivity index (χ2n) is 5.65. The van der Waals surface area contributed by atoms with E-state index in [1.807, 2.05) is 12.1 Å². The van der Waals surface area contributed by atoms with Crippen molar-refractivity contribution in [1.82, 2.24) is 4.90 Å². The van der Waals surface area contributed by atoms with Gasteiger partial charge in [0.15, 0.2) is 11.5 Å². The average molecular weight is 281 g/mol. The van der Waals surface area contributed by atoms with Crippen molar-refractivity contribution in [3.63, 3.8) is 0 Å². The van der Waals surface area contributed by atoms with Crippen LogP contribution in [0, 0.1) is 0 Å². The second kappa shape index (κ2) is 4.25. The average Bonchev–Trinajstić information content (AvgIpc) is 3.05. The van der Waals surface area contributed by atoms with Gasteiger partial charge < -0.3 is 15.1 Å². The van der Waals surface area contributed by atoms with E-state index >= 15 is 0 Å². The van der Waals surface area contributed by atoms with Crippen LogP contribution >= 0.6 is 0 Å². The molecule has 21 heavy (non-hydrogen) atoms. The number of hydrogen-bond acceptors (Lipinski definition) is 3. The van der Waals surface area contributed by atoms with Gasteiger partial charge in [-0.2, -0.15) is 0 Å². The summed E-state index contributed by atoms with van der Waals surface area (Å²) in [6.45, 7) is 0.487. The molecule has 4 heteroatoms. The van der Waals surface area contributed by atoms with Crippen LogP contribution in [-0.2, 0) is 13.0 Å². The molecule has 4 nitrogen and oxygen atoms in total. The molecule has 2 aromatic carbocycles. The molecule has 1 aliphatic carbocycles. The lowest BCUT2D eigenvalue weighted by Gasteiger charge is -2.24. The van der Waals surface area contributed by atoms with E-state index in [-0.39, 0.29) is 29.0 Å². The van der Waals surface area contributed by atoms with E-state index < -0.39 is 0 Å². The summed E-state index contributed by atoms with van der Waals surface area (Å²) in [4.78, 5) is 14.4. The van der Waals surface area contributed by atoms with Crippen molar-refractivity contribution >= 4 is 5.91 Å². The Morgan fingerprint density at radius 3 is 2.71 bits per heavy atom. The van der Waals surface area contributed by atoms with Crippen LogP contribution in [-0.4, -0.2) is 21.0 Å². The summed E-state index contributed by atoms with van der Waals surface area (Å²) in [5, 5.41) is 19.5. The summed E-state index contributed by atoms with van der Waals surface area (Å²) in [6, 6.07) is 11.4.